The first-order valence-corrected chi connectivity index (χ1v) is 8.85. The van der Waals surface area contributed by atoms with Crippen molar-refractivity contribution >= 4 is 49.8 Å². The lowest BCUT2D eigenvalue weighted by Crippen LogP contribution is -1.96. The molecule has 6 nitrogen and oxygen atoms in total. The third-order valence-electron chi connectivity index (χ3n) is 2.81. The summed E-state index contributed by atoms with van der Waals surface area (Å²) in [7, 11) is 0. The van der Waals surface area contributed by atoms with Gasteiger partial charge in [-0.3, -0.25) is 0 Å². The van der Waals surface area contributed by atoms with Gasteiger partial charge in [-0.25, -0.2) is 9.97 Å². The van der Waals surface area contributed by atoms with Gasteiger partial charge in [-0.2, -0.15) is 0 Å². The molecule has 0 aromatic carbocycles. The SMILES string of the molecule is c1coc(CNc2nnc(Sc3ncnc4sccc34)s2)c1. The molecule has 1 N–H and O–H groups in total. The Kier molecular flexibility index (Phi) is 3.75. The van der Waals surface area contributed by atoms with Gasteiger partial charge in [-0.05, 0) is 35.3 Å². The van der Waals surface area contributed by atoms with Crippen LogP contribution in [0.15, 0.2) is 50.0 Å². The van der Waals surface area contributed by atoms with Crippen molar-refractivity contribution in [2.75, 3.05) is 5.32 Å². The van der Waals surface area contributed by atoms with Crippen LogP contribution in [0.3, 0.4) is 0 Å². The Morgan fingerprint density at radius 3 is 3.14 bits per heavy atom. The molecule has 0 aliphatic rings. The molecule has 110 valence electrons. The number of nitrogens with one attached hydrogen (secondary N) is 1. The quantitative estimate of drug-likeness (QED) is 0.549. The second kappa shape index (κ2) is 6.03. The summed E-state index contributed by atoms with van der Waals surface area (Å²) < 4.78 is 6.11. The van der Waals surface area contributed by atoms with Gasteiger partial charge < -0.3 is 9.73 Å². The summed E-state index contributed by atoms with van der Waals surface area (Å²) in [4.78, 5) is 9.56. The smallest absolute Gasteiger partial charge is 0.206 e. The van der Waals surface area contributed by atoms with E-state index in [0.29, 0.717) is 6.54 Å². The molecular weight excluding hydrogens is 338 g/mol. The van der Waals surface area contributed by atoms with Crippen LogP contribution < -0.4 is 5.32 Å². The Morgan fingerprint density at radius 2 is 2.23 bits per heavy atom. The largest absolute Gasteiger partial charge is 0.467 e. The molecule has 22 heavy (non-hydrogen) atoms. The van der Waals surface area contributed by atoms with E-state index < -0.39 is 0 Å². The van der Waals surface area contributed by atoms with Crippen molar-refractivity contribution in [3.05, 3.63) is 41.9 Å². The fourth-order valence-corrected chi connectivity index (χ4v) is 4.36. The highest BCUT2D eigenvalue weighted by Gasteiger charge is 2.11. The lowest BCUT2D eigenvalue weighted by atomic mass is 10.4. The van der Waals surface area contributed by atoms with Crippen LogP contribution in [-0.4, -0.2) is 20.2 Å². The fraction of sp³-hybridized carbons (Fsp3) is 0.0769. The number of hydrogen-bond acceptors (Lipinski definition) is 9. The predicted molar refractivity (Wildman–Crippen MR) is 87.5 cm³/mol. The molecule has 4 aromatic heterocycles. The van der Waals surface area contributed by atoms with Crippen molar-refractivity contribution in [3.8, 4) is 0 Å². The summed E-state index contributed by atoms with van der Waals surface area (Å²) in [5, 5.41) is 16.2. The summed E-state index contributed by atoms with van der Waals surface area (Å²) >= 11 is 4.60. The minimum Gasteiger partial charge on any atom is -0.467 e. The van der Waals surface area contributed by atoms with E-state index in [-0.39, 0.29) is 0 Å². The summed E-state index contributed by atoms with van der Waals surface area (Å²) in [6.07, 6.45) is 3.23. The monoisotopic (exact) mass is 347 g/mol. The first-order valence-electron chi connectivity index (χ1n) is 6.34. The van der Waals surface area contributed by atoms with E-state index in [1.54, 1.807) is 23.9 Å². The zero-order chi connectivity index (χ0) is 14.8. The number of nitrogens with zero attached hydrogens (tertiary/aromatic N) is 4. The van der Waals surface area contributed by atoms with E-state index in [1.807, 2.05) is 23.6 Å². The normalized spacial score (nSPS) is 11.1. The second-order valence-electron chi connectivity index (χ2n) is 4.23. The van der Waals surface area contributed by atoms with Crippen molar-refractivity contribution in [3.63, 3.8) is 0 Å². The summed E-state index contributed by atoms with van der Waals surface area (Å²) in [6.45, 7) is 0.592. The van der Waals surface area contributed by atoms with E-state index in [4.69, 9.17) is 4.42 Å². The van der Waals surface area contributed by atoms with Crippen LogP contribution in [-0.2, 0) is 6.54 Å². The van der Waals surface area contributed by atoms with E-state index >= 15 is 0 Å². The van der Waals surface area contributed by atoms with Gasteiger partial charge in [-0.15, -0.1) is 21.5 Å². The molecule has 4 heterocycles. The highest BCUT2D eigenvalue weighted by atomic mass is 32.2. The van der Waals surface area contributed by atoms with Gasteiger partial charge in [0.2, 0.25) is 5.13 Å². The van der Waals surface area contributed by atoms with Gasteiger partial charge >= 0.3 is 0 Å². The van der Waals surface area contributed by atoms with Crippen molar-refractivity contribution < 1.29 is 4.42 Å². The van der Waals surface area contributed by atoms with Crippen molar-refractivity contribution in [1.29, 1.82) is 0 Å². The minimum atomic E-state index is 0.592. The summed E-state index contributed by atoms with van der Waals surface area (Å²) in [5.41, 5.74) is 0. The number of rotatable bonds is 5. The molecule has 0 fully saturated rings. The lowest BCUT2D eigenvalue weighted by molar-refractivity contribution is 0.518. The average molecular weight is 347 g/mol. The van der Waals surface area contributed by atoms with Crippen LogP contribution in [0.5, 0.6) is 0 Å². The van der Waals surface area contributed by atoms with Crippen molar-refractivity contribution in [1.82, 2.24) is 20.2 Å². The third kappa shape index (κ3) is 2.82. The Morgan fingerprint density at radius 1 is 1.23 bits per heavy atom. The highest BCUT2D eigenvalue weighted by molar-refractivity contribution is 8.01. The van der Waals surface area contributed by atoms with Gasteiger partial charge in [0.1, 0.15) is 21.9 Å². The molecule has 0 unspecified atom stereocenters. The first-order chi connectivity index (χ1) is 10.9. The molecule has 4 aromatic rings. The minimum absolute atomic E-state index is 0.592. The van der Waals surface area contributed by atoms with E-state index in [1.165, 1.54) is 23.1 Å². The molecule has 0 saturated carbocycles. The summed E-state index contributed by atoms with van der Waals surface area (Å²) in [5.74, 6) is 0.861. The molecule has 9 heteroatoms. The van der Waals surface area contributed by atoms with E-state index in [0.717, 1.165) is 30.5 Å². The standard InChI is InChI=1S/C13H9N5OS3/c1-2-8(19-4-1)6-14-12-17-18-13(22-12)21-11-9-3-5-20-10(9)15-7-16-11/h1-5,7H,6H2,(H,14,17). The third-order valence-corrected chi connectivity index (χ3v) is 5.58. The maximum absolute atomic E-state index is 5.27. The maximum atomic E-state index is 5.27. The molecule has 0 amide bonds. The topological polar surface area (TPSA) is 76.7 Å². The van der Waals surface area contributed by atoms with Crippen molar-refractivity contribution in [2.24, 2.45) is 0 Å². The van der Waals surface area contributed by atoms with Crippen LogP contribution in [0.2, 0.25) is 0 Å². The Bertz CT molecular complexity index is 886. The Balaban J connectivity index is 1.48. The number of hydrogen-bond donors (Lipinski definition) is 1. The number of furan rings is 1. The van der Waals surface area contributed by atoms with Crippen LogP contribution in [0, 0.1) is 0 Å². The average Bonchev–Trinajstić information content (AvgIpc) is 3.27. The van der Waals surface area contributed by atoms with E-state index in [2.05, 4.69) is 25.5 Å². The van der Waals surface area contributed by atoms with Crippen LogP contribution >= 0.6 is 34.4 Å². The molecule has 0 radical (unpaired) electrons. The van der Waals surface area contributed by atoms with Crippen LogP contribution in [0.1, 0.15) is 5.76 Å². The van der Waals surface area contributed by atoms with Gasteiger partial charge in [0.15, 0.2) is 4.34 Å². The summed E-state index contributed by atoms with van der Waals surface area (Å²) in [6, 6.07) is 5.80. The molecule has 0 aliphatic heterocycles. The number of thiophene rings is 1. The Labute approximate surface area is 137 Å². The molecule has 4 rings (SSSR count). The maximum Gasteiger partial charge on any atom is 0.206 e. The first kappa shape index (κ1) is 13.7. The number of aromatic nitrogens is 4. The molecule has 0 spiro atoms. The fourth-order valence-electron chi connectivity index (χ4n) is 1.83. The molecule has 0 saturated heterocycles. The number of anilines is 1. The zero-order valence-corrected chi connectivity index (χ0v) is 13.5. The second-order valence-corrected chi connectivity index (χ2v) is 7.33. The predicted octanol–water partition coefficient (Wildman–Crippen LogP) is 3.90. The van der Waals surface area contributed by atoms with Crippen LogP contribution in [0.4, 0.5) is 5.13 Å². The zero-order valence-electron chi connectivity index (χ0n) is 11.1. The molecule has 0 bridgehead atoms. The van der Waals surface area contributed by atoms with Gasteiger partial charge in [0.25, 0.3) is 0 Å². The molecule has 0 atom stereocenters. The molecular formula is C13H9N5OS3. The van der Waals surface area contributed by atoms with E-state index in [9.17, 15) is 0 Å². The van der Waals surface area contributed by atoms with Gasteiger partial charge in [0.05, 0.1) is 12.8 Å². The molecule has 0 aliphatic carbocycles. The van der Waals surface area contributed by atoms with Gasteiger partial charge in [0, 0.05) is 5.39 Å². The van der Waals surface area contributed by atoms with Crippen LogP contribution in [0.25, 0.3) is 10.2 Å². The number of fused-ring (bicyclic) bond motifs is 1. The highest BCUT2D eigenvalue weighted by Crippen LogP contribution is 2.35. The Hall–Kier alpha value is -1.97. The van der Waals surface area contributed by atoms with Crippen molar-refractivity contribution in [2.45, 2.75) is 15.9 Å². The van der Waals surface area contributed by atoms with Gasteiger partial charge in [-0.1, -0.05) is 11.3 Å². The lowest BCUT2D eigenvalue weighted by Gasteiger charge is -1.98.